The predicted molar refractivity (Wildman–Crippen MR) is 107 cm³/mol. The van der Waals surface area contributed by atoms with Crippen LogP contribution in [0.4, 0.5) is 10.5 Å². The van der Waals surface area contributed by atoms with Crippen molar-refractivity contribution in [1.82, 2.24) is 4.90 Å². The molecule has 1 aliphatic heterocycles. The first kappa shape index (κ1) is 19.3. The van der Waals surface area contributed by atoms with Gasteiger partial charge >= 0.3 is 6.09 Å². The van der Waals surface area contributed by atoms with E-state index in [0.717, 1.165) is 17.9 Å². The maximum absolute atomic E-state index is 12.5. The zero-order valence-electron chi connectivity index (χ0n) is 16.0. The summed E-state index contributed by atoms with van der Waals surface area (Å²) in [5.74, 6) is 1.27. The summed E-state index contributed by atoms with van der Waals surface area (Å²) in [5, 5.41) is 12.0. The van der Waals surface area contributed by atoms with Crippen LogP contribution in [0.1, 0.15) is 34.9 Å². The molecule has 1 aliphatic carbocycles. The smallest absolute Gasteiger partial charge is 0.407 e. The van der Waals surface area contributed by atoms with Crippen molar-refractivity contribution in [3.8, 4) is 5.75 Å². The average Bonchev–Trinajstić information content (AvgIpc) is 3.58. The van der Waals surface area contributed by atoms with E-state index in [1.165, 1.54) is 17.7 Å². The topological polar surface area (TPSA) is 88.1 Å². The molecule has 152 valence electrons. The molecular weight excluding hydrogens is 372 g/mol. The number of carbonyl (C=O) groups is 2. The zero-order chi connectivity index (χ0) is 20.2. The average molecular weight is 396 g/mol. The highest BCUT2D eigenvalue weighted by Gasteiger charge is 2.25. The molecule has 0 aromatic heterocycles. The van der Waals surface area contributed by atoms with E-state index in [4.69, 9.17) is 14.6 Å². The first-order chi connectivity index (χ1) is 14.1. The normalized spacial score (nSPS) is 18.9. The van der Waals surface area contributed by atoms with Crippen molar-refractivity contribution in [1.29, 1.82) is 0 Å². The Hall–Kier alpha value is -3.06. The SMILES string of the molecule is O=C(Nc1ccc(C2CN(C(=O)O)CCO2)cc1)c1ccc(OCC2CC2)cc1. The van der Waals surface area contributed by atoms with Crippen molar-refractivity contribution in [2.24, 2.45) is 5.92 Å². The van der Waals surface area contributed by atoms with Crippen molar-refractivity contribution < 1.29 is 24.2 Å². The van der Waals surface area contributed by atoms with Gasteiger partial charge in [-0.05, 0) is 60.7 Å². The Morgan fingerprint density at radius 1 is 1.10 bits per heavy atom. The van der Waals surface area contributed by atoms with Crippen LogP contribution < -0.4 is 10.1 Å². The van der Waals surface area contributed by atoms with E-state index in [1.807, 2.05) is 24.3 Å². The molecule has 1 saturated heterocycles. The highest BCUT2D eigenvalue weighted by atomic mass is 16.5. The maximum atomic E-state index is 12.5. The lowest BCUT2D eigenvalue weighted by Gasteiger charge is -2.31. The maximum Gasteiger partial charge on any atom is 0.407 e. The number of benzene rings is 2. The minimum atomic E-state index is -0.939. The molecule has 0 radical (unpaired) electrons. The molecule has 2 N–H and O–H groups in total. The van der Waals surface area contributed by atoms with Crippen LogP contribution in [-0.2, 0) is 4.74 Å². The zero-order valence-corrected chi connectivity index (χ0v) is 16.0. The van der Waals surface area contributed by atoms with Crippen molar-refractivity contribution in [2.45, 2.75) is 18.9 Å². The molecule has 2 aromatic carbocycles. The molecule has 2 aromatic rings. The summed E-state index contributed by atoms with van der Waals surface area (Å²) in [6.45, 7) is 1.79. The van der Waals surface area contributed by atoms with Gasteiger partial charge < -0.3 is 24.8 Å². The fourth-order valence-corrected chi connectivity index (χ4v) is 3.21. The summed E-state index contributed by atoms with van der Waals surface area (Å²) in [6, 6.07) is 14.4. The highest BCUT2D eigenvalue weighted by Crippen LogP contribution is 2.29. The van der Waals surface area contributed by atoms with Crippen LogP contribution in [0, 0.1) is 5.92 Å². The van der Waals surface area contributed by atoms with Crippen LogP contribution in [0.25, 0.3) is 0 Å². The second-order valence-corrected chi connectivity index (χ2v) is 7.44. The number of carboxylic acid groups (broad SMARTS) is 1. The molecule has 1 unspecified atom stereocenters. The largest absolute Gasteiger partial charge is 0.493 e. The predicted octanol–water partition coefficient (Wildman–Crippen LogP) is 3.78. The van der Waals surface area contributed by atoms with Gasteiger partial charge in [0, 0.05) is 17.8 Å². The van der Waals surface area contributed by atoms with Crippen LogP contribution in [0.15, 0.2) is 48.5 Å². The molecule has 2 aliphatic rings. The fraction of sp³-hybridized carbons (Fsp3) is 0.364. The van der Waals surface area contributed by atoms with Gasteiger partial charge in [0.1, 0.15) is 11.9 Å². The Bertz CT molecular complexity index is 862. The number of rotatable bonds is 6. The molecule has 2 amide bonds. The summed E-state index contributed by atoms with van der Waals surface area (Å²) >= 11 is 0. The quantitative estimate of drug-likeness (QED) is 0.776. The van der Waals surface area contributed by atoms with Gasteiger partial charge in [-0.15, -0.1) is 0 Å². The number of carbonyl (C=O) groups excluding carboxylic acids is 1. The van der Waals surface area contributed by atoms with Crippen LogP contribution in [0.5, 0.6) is 5.75 Å². The molecule has 0 spiro atoms. The van der Waals surface area contributed by atoms with E-state index < -0.39 is 6.09 Å². The summed E-state index contributed by atoms with van der Waals surface area (Å²) in [5.41, 5.74) is 2.10. The van der Waals surface area contributed by atoms with Crippen molar-refractivity contribution in [3.63, 3.8) is 0 Å². The number of ether oxygens (including phenoxy) is 2. The third-order valence-electron chi connectivity index (χ3n) is 5.18. The number of nitrogens with zero attached hydrogens (tertiary/aromatic N) is 1. The van der Waals surface area contributed by atoms with E-state index in [1.54, 1.807) is 24.3 Å². The summed E-state index contributed by atoms with van der Waals surface area (Å²) in [4.78, 5) is 25.0. The van der Waals surface area contributed by atoms with Crippen LogP contribution in [-0.4, -0.2) is 48.3 Å². The Morgan fingerprint density at radius 2 is 1.83 bits per heavy atom. The highest BCUT2D eigenvalue weighted by molar-refractivity contribution is 6.04. The summed E-state index contributed by atoms with van der Waals surface area (Å²) in [7, 11) is 0. The van der Waals surface area contributed by atoms with Gasteiger partial charge in [-0.1, -0.05) is 12.1 Å². The van der Waals surface area contributed by atoms with E-state index in [9.17, 15) is 9.59 Å². The molecule has 2 fully saturated rings. The fourth-order valence-electron chi connectivity index (χ4n) is 3.21. The number of hydrogen-bond acceptors (Lipinski definition) is 4. The Morgan fingerprint density at radius 3 is 2.48 bits per heavy atom. The molecule has 1 saturated carbocycles. The van der Waals surface area contributed by atoms with E-state index >= 15 is 0 Å². The van der Waals surface area contributed by atoms with Gasteiger partial charge in [-0.2, -0.15) is 0 Å². The van der Waals surface area contributed by atoms with Gasteiger partial charge in [-0.3, -0.25) is 4.79 Å². The lowest BCUT2D eigenvalue weighted by molar-refractivity contribution is -0.0231. The standard InChI is InChI=1S/C22H24N2O5/c25-21(17-5-9-19(10-6-17)29-14-15-1-2-15)23-18-7-3-16(4-8-18)20-13-24(22(26)27)11-12-28-20/h3-10,15,20H,1-2,11-14H2,(H,23,25)(H,26,27). The lowest BCUT2D eigenvalue weighted by atomic mass is 10.1. The second kappa shape index (κ2) is 8.53. The number of morpholine rings is 1. The number of anilines is 1. The number of hydrogen-bond donors (Lipinski definition) is 2. The van der Waals surface area contributed by atoms with Crippen LogP contribution in [0.3, 0.4) is 0 Å². The first-order valence-electron chi connectivity index (χ1n) is 9.82. The second-order valence-electron chi connectivity index (χ2n) is 7.44. The number of nitrogens with one attached hydrogen (secondary N) is 1. The Labute approximate surface area is 169 Å². The number of amides is 2. The van der Waals surface area contributed by atoms with Crippen LogP contribution >= 0.6 is 0 Å². The third kappa shape index (κ3) is 5.06. The van der Waals surface area contributed by atoms with Gasteiger partial charge in [0.15, 0.2) is 0 Å². The van der Waals surface area contributed by atoms with Crippen molar-refractivity contribution >= 4 is 17.7 Å². The van der Waals surface area contributed by atoms with Crippen molar-refractivity contribution in [3.05, 3.63) is 59.7 Å². The Kier molecular flexibility index (Phi) is 5.67. The first-order valence-corrected chi connectivity index (χ1v) is 9.82. The Balaban J connectivity index is 1.33. The summed E-state index contributed by atoms with van der Waals surface area (Å²) in [6.07, 6.45) is 1.24. The monoisotopic (exact) mass is 396 g/mol. The minimum absolute atomic E-state index is 0.197. The van der Waals surface area contributed by atoms with Gasteiger partial charge in [0.25, 0.3) is 5.91 Å². The molecule has 7 heteroatoms. The molecule has 7 nitrogen and oxygen atoms in total. The van der Waals surface area contributed by atoms with Crippen molar-refractivity contribution in [2.75, 3.05) is 31.6 Å². The van der Waals surface area contributed by atoms with E-state index in [0.29, 0.717) is 36.9 Å². The van der Waals surface area contributed by atoms with Gasteiger partial charge in [-0.25, -0.2) is 4.79 Å². The summed E-state index contributed by atoms with van der Waals surface area (Å²) < 4.78 is 11.4. The van der Waals surface area contributed by atoms with Crippen LogP contribution in [0.2, 0.25) is 0 Å². The van der Waals surface area contributed by atoms with E-state index in [-0.39, 0.29) is 12.0 Å². The molecule has 29 heavy (non-hydrogen) atoms. The molecule has 1 atom stereocenters. The van der Waals surface area contributed by atoms with Gasteiger partial charge in [0.05, 0.1) is 19.8 Å². The minimum Gasteiger partial charge on any atom is -0.493 e. The molecule has 1 heterocycles. The van der Waals surface area contributed by atoms with Gasteiger partial charge in [0.2, 0.25) is 0 Å². The molecular formula is C22H24N2O5. The molecule has 4 rings (SSSR count). The van der Waals surface area contributed by atoms with E-state index in [2.05, 4.69) is 5.32 Å². The molecule has 0 bridgehead atoms. The third-order valence-corrected chi connectivity index (χ3v) is 5.18. The lowest BCUT2D eigenvalue weighted by Crippen LogP contribution is -2.41.